The van der Waals surface area contributed by atoms with Gasteiger partial charge in [0.05, 0.1) is 33.0 Å². The van der Waals surface area contributed by atoms with Crippen molar-refractivity contribution in [3.8, 4) is 0 Å². The van der Waals surface area contributed by atoms with Crippen LogP contribution in [0.15, 0.2) is 0 Å². The number of likely N-dealkylation sites (tertiary alicyclic amines) is 1. The lowest BCUT2D eigenvalue weighted by Crippen LogP contribution is -2.30. The topological polar surface area (TPSA) is 82.1 Å². The zero-order chi connectivity index (χ0) is 15.7. The van der Waals surface area contributed by atoms with Crippen molar-refractivity contribution < 1.29 is 31.3 Å². The fraction of sp³-hybridized carbons (Fsp3) is 0.917. The molecule has 1 atom stereocenters. The van der Waals surface area contributed by atoms with Crippen LogP contribution in [-0.2, 0) is 29.2 Å². The minimum absolute atomic E-state index is 0.105. The standard InChI is InChI=1S/C12H22FNO6S/c1-2-18-5-6-20-8-7-19-4-3-14-10-11(9-12(14)15)21(13,16)17/h11H,2-10H2,1H3. The zero-order valence-electron chi connectivity index (χ0n) is 12.1. The van der Waals surface area contributed by atoms with Gasteiger partial charge in [0.1, 0.15) is 5.25 Å². The highest BCUT2D eigenvalue weighted by Crippen LogP contribution is 2.19. The lowest BCUT2D eigenvalue weighted by Gasteiger charge is -2.15. The lowest BCUT2D eigenvalue weighted by molar-refractivity contribution is -0.128. The van der Waals surface area contributed by atoms with Gasteiger partial charge in [-0.25, -0.2) is 0 Å². The van der Waals surface area contributed by atoms with Crippen LogP contribution in [0.3, 0.4) is 0 Å². The highest BCUT2D eigenvalue weighted by atomic mass is 32.3. The molecular formula is C12H22FNO6S. The number of carbonyl (C=O) groups is 1. The number of halogens is 1. The maximum Gasteiger partial charge on any atom is 0.307 e. The molecule has 1 fully saturated rings. The number of carbonyl (C=O) groups excluding carboxylic acids is 1. The van der Waals surface area contributed by atoms with Crippen molar-refractivity contribution >= 4 is 16.1 Å². The van der Waals surface area contributed by atoms with Crippen molar-refractivity contribution in [2.45, 2.75) is 18.6 Å². The van der Waals surface area contributed by atoms with Crippen LogP contribution >= 0.6 is 0 Å². The molecule has 0 spiro atoms. The Morgan fingerprint density at radius 3 is 2.24 bits per heavy atom. The molecule has 0 radical (unpaired) electrons. The molecule has 1 rings (SSSR count). The van der Waals surface area contributed by atoms with Crippen LogP contribution in [0.1, 0.15) is 13.3 Å². The van der Waals surface area contributed by atoms with Crippen molar-refractivity contribution in [1.82, 2.24) is 4.90 Å². The number of amides is 1. The van der Waals surface area contributed by atoms with Crippen molar-refractivity contribution in [3.63, 3.8) is 0 Å². The molecule has 1 saturated heterocycles. The molecule has 1 unspecified atom stereocenters. The Morgan fingerprint density at radius 2 is 1.71 bits per heavy atom. The summed E-state index contributed by atoms with van der Waals surface area (Å²) in [5.41, 5.74) is 0. The predicted molar refractivity (Wildman–Crippen MR) is 73.1 cm³/mol. The second-order valence-corrected chi connectivity index (χ2v) is 6.18. The summed E-state index contributed by atoms with van der Waals surface area (Å²) in [6.45, 7) is 4.80. The van der Waals surface area contributed by atoms with Crippen molar-refractivity contribution in [1.29, 1.82) is 0 Å². The Hall–Kier alpha value is -0.770. The first-order valence-corrected chi connectivity index (χ1v) is 8.34. The third-order valence-electron chi connectivity index (χ3n) is 3.03. The monoisotopic (exact) mass is 327 g/mol. The van der Waals surface area contributed by atoms with E-state index in [1.807, 2.05) is 6.92 Å². The van der Waals surface area contributed by atoms with Gasteiger partial charge in [0.2, 0.25) is 5.91 Å². The molecule has 124 valence electrons. The van der Waals surface area contributed by atoms with Gasteiger partial charge < -0.3 is 19.1 Å². The molecule has 21 heavy (non-hydrogen) atoms. The van der Waals surface area contributed by atoms with Crippen LogP contribution in [0, 0.1) is 0 Å². The lowest BCUT2D eigenvalue weighted by atomic mass is 10.4. The SMILES string of the molecule is CCOCCOCCOCCN1CC(S(=O)(=O)F)CC1=O. The van der Waals surface area contributed by atoms with Gasteiger partial charge in [-0.2, -0.15) is 8.42 Å². The molecule has 9 heteroatoms. The van der Waals surface area contributed by atoms with Crippen LogP contribution in [0.4, 0.5) is 3.89 Å². The van der Waals surface area contributed by atoms with Gasteiger partial charge in [-0.1, -0.05) is 0 Å². The van der Waals surface area contributed by atoms with Gasteiger partial charge >= 0.3 is 10.2 Å². The van der Waals surface area contributed by atoms with Crippen molar-refractivity contribution in [3.05, 3.63) is 0 Å². The molecule has 1 aliphatic rings. The summed E-state index contributed by atoms with van der Waals surface area (Å²) in [7, 11) is -4.65. The number of rotatable bonds is 11. The number of hydrogen-bond donors (Lipinski definition) is 0. The van der Waals surface area contributed by atoms with E-state index >= 15 is 0 Å². The summed E-state index contributed by atoms with van der Waals surface area (Å²) >= 11 is 0. The molecule has 1 aliphatic heterocycles. The van der Waals surface area contributed by atoms with Crippen LogP contribution in [-0.4, -0.2) is 77.2 Å². The summed E-state index contributed by atoms with van der Waals surface area (Å²) in [6, 6.07) is 0. The maximum atomic E-state index is 12.8. The smallest absolute Gasteiger partial charge is 0.307 e. The van der Waals surface area contributed by atoms with E-state index < -0.39 is 15.5 Å². The van der Waals surface area contributed by atoms with Crippen LogP contribution in [0.5, 0.6) is 0 Å². The Morgan fingerprint density at radius 1 is 1.14 bits per heavy atom. The van der Waals surface area contributed by atoms with E-state index in [0.717, 1.165) is 0 Å². The molecule has 0 saturated carbocycles. The largest absolute Gasteiger partial charge is 0.379 e. The van der Waals surface area contributed by atoms with Gasteiger partial charge in [-0.15, -0.1) is 3.89 Å². The van der Waals surface area contributed by atoms with Crippen LogP contribution in [0.2, 0.25) is 0 Å². The molecule has 0 aromatic carbocycles. The summed E-state index contributed by atoms with van der Waals surface area (Å²) in [6.07, 6.45) is -0.292. The van der Waals surface area contributed by atoms with E-state index in [1.54, 1.807) is 0 Å². The molecule has 0 aromatic rings. The first kappa shape index (κ1) is 18.3. The van der Waals surface area contributed by atoms with E-state index in [2.05, 4.69) is 0 Å². The second-order valence-electron chi connectivity index (χ2n) is 4.56. The zero-order valence-corrected chi connectivity index (χ0v) is 12.9. The third kappa shape index (κ3) is 7.16. The molecule has 0 aromatic heterocycles. The molecule has 1 amide bonds. The number of hydrogen-bond acceptors (Lipinski definition) is 6. The van der Waals surface area contributed by atoms with Gasteiger partial charge in [0.15, 0.2) is 0 Å². The third-order valence-corrected chi connectivity index (χ3v) is 4.14. The molecule has 7 nitrogen and oxygen atoms in total. The normalized spacial score (nSPS) is 19.4. The highest BCUT2D eigenvalue weighted by Gasteiger charge is 2.37. The van der Waals surface area contributed by atoms with E-state index in [1.165, 1.54) is 4.90 Å². The van der Waals surface area contributed by atoms with Gasteiger partial charge in [0.25, 0.3) is 0 Å². The summed E-state index contributed by atoms with van der Waals surface area (Å²) < 4.78 is 49.9. The highest BCUT2D eigenvalue weighted by molar-refractivity contribution is 7.87. The minimum Gasteiger partial charge on any atom is -0.379 e. The van der Waals surface area contributed by atoms with E-state index in [4.69, 9.17) is 14.2 Å². The van der Waals surface area contributed by atoms with Gasteiger partial charge in [0, 0.05) is 26.1 Å². The van der Waals surface area contributed by atoms with Crippen molar-refractivity contribution in [2.24, 2.45) is 0 Å². The van der Waals surface area contributed by atoms with Crippen LogP contribution in [0.25, 0.3) is 0 Å². The Balaban J connectivity index is 2.04. The average molecular weight is 327 g/mol. The molecule has 1 heterocycles. The molecule has 0 aliphatic carbocycles. The second kappa shape index (κ2) is 9.29. The molecule has 0 bridgehead atoms. The molecule has 0 N–H and O–H groups in total. The fourth-order valence-corrected chi connectivity index (χ4v) is 2.60. The Bertz CT molecular complexity index is 416. The first-order valence-electron chi connectivity index (χ1n) is 6.89. The van der Waals surface area contributed by atoms with E-state index in [0.29, 0.717) is 33.0 Å². The quantitative estimate of drug-likeness (QED) is 0.391. The van der Waals surface area contributed by atoms with Gasteiger partial charge in [-0.3, -0.25) is 4.79 Å². The fourth-order valence-electron chi connectivity index (χ4n) is 1.90. The average Bonchev–Trinajstić information content (AvgIpc) is 2.78. The van der Waals surface area contributed by atoms with E-state index in [-0.39, 0.29) is 32.0 Å². The van der Waals surface area contributed by atoms with Gasteiger partial charge in [-0.05, 0) is 6.92 Å². The Labute approximate surface area is 124 Å². The predicted octanol–water partition coefficient (Wildman–Crippen LogP) is -0.0437. The summed E-state index contributed by atoms with van der Waals surface area (Å²) in [5, 5.41) is -1.24. The van der Waals surface area contributed by atoms with Crippen LogP contribution < -0.4 is 0 Å². The summed E-state index contributed by atoms with van der Waals surface area (Å²) in [5.74, 6) is -0.363. The maximum absolute atomic E-state index is 12.8. The first-order chi connectivity index (χ1) is 9.95. The minimum atomic E-state index is -4.65. The van der Waals surface area contributed by atoms with Crippen molar-refractivity contribution in [2.75, 3.05) is 52.7 Å². The Kier molecular flexibility index (Phi) is 8.09. The summed E-state index contributed by atoms with van der Waals surface area (Å²) in [4.78, 5) is 12.8. The number of nitrogens with zero attached hydrogens (tertiary/aromatic N) is 1. The number of ether oxygens (including phenoxy) is 3. The molecular weight excluding hydrogens is 305 g/mol. The van der Waals surface area contributed by atoms with E-state index in [9.17, 15) is 17.1 Å².